The van der Waals surface area contributed by atoms with Gasteiger partial charge in [0, 0.05) is 6.54 Å². The Morgan fingerprint density at radius 3 is 2.39 bits per heavy atom. The third-order valence-corrected chi connectivity index (χ3v) is 6.09. The summed E-state index contributed by atoms with van der Waals surface area (Å²) < 4.78 is 7.80. The van der Waals surface area contributed by atoms with Crippen molar-refractivity contribution in [2.75, 3.05) is 0 Å². The molecule has 31 heavy (non-hydrogen) atoms. The second-order valence-corrected chi connectivity index (χ2v) is 9.31. The zero-order valence-electron chi connectivity index (χ0n) is 17.9. The number of fused-ring (bicyclic) bond motifs is 1. The molecule has 0 saturated heterocycles. The second-order valence-electron chi connectivity index (χ2n) is 8.31. The average molecular weight is 447 g/mol. The number of carbonyl (C=O) groups is 1. The Bertz CT molecular complexity index is 1220. The Labute approximate surface area is 183 Å². The summed E-state index contributed by atoms with van der Waals surface area (Å²) in [5, 5.41) is 20.0. The van der Waals surface area contributed by atoms with Crippen LogP contribution in [0.15, 0.2) is 39.9 Å². The molecule has 8 nitrogen and oxygen atoms in total. The first-order valence-electron chi connectivity index (χ1n) is 9.89. The Kier molecular flexibility index (Phi) is 6.49. The van der Waals surface area contributed by atoms with Gasteiger partial charge < -0.3 is 14.9 Å². The lowest BCUT2D eigenvalue weighted by Gasteiger charge is -2.24. The van der Waals surface area contributed by atoms with Gasteiger partial charge in [0.25, 0.3) is 5.56 Å². The molecule has 3 aromatic rings. The van der Waals surface area contributed by atoms with E-state index < -0.39 is 29.1 Å². The summed E-state index contributed by atoms with van der Waals surface area (Å²) >= 11 is 0.916. The van der Waals surface area contributed by atoms with Crippen LogP contribution in [0.2, 0.25) is 0 Å². The van der Waals surface area contributed by atoms with E-state index in [0.29, 0.717) is 16.8 Å². The van der Waals surface area contributed by atoms with Crippen molar-refractivity contribution in [1.82, 2.24) is 9.13 Å². The Morgan fingerprint density at radius 1 is 1.16 bits per heavy atom. The number of carboxylic acids is 1. The lowest BCUT2D eigenvalue weighted by molar-refractivity contribution is -0.172. The largest absolute Gasteiger partial charge is 0.477 e. The summed E-state index contributed by atoms with van der Waals surface area (Å²) in [7, 11) is 0. The van der Waals surface area contributed by atoms with E-state index in [1.54, 1.807) is 27.7 Å². The molecule has 0 spiro atoms. The zero-order valence-corrected chi connectivity index (χ0v) is 18.7. The number of nitrogens with zero attached hydrogens (tertiary/aromatic N) is 2. The quantitative estimate of drug-likeness (QED) is 0.540. The number of benzene rings is 1. The van der Waals surface area contributed by atoms with E-state index >= 15 is 0 Å². The van der Waals surface area contributed by atoms with E-state index in [4.69, 9.17) is 4.74 Å². The fourth-order valence-corrected chi connectivity index (χ4v) is 4.60. The number of aliphatic hydroxyl groups excluding tert-OH is 1. The second kappa shape index (κ2) is 8.78. The van der Waals surface area contributed by atoms with Gasteiger partial charge in [-0.05, 0) is 45.2 Å². The Morgan fingerprint density at radius 2 is 1.81 bits per heavy atom. The van der Waals surface area contributed by atoms with Crippen LogP contribution in [-0.4, -0.2) is 37.2 Å². The van der Waals surface area contributed by atoms with Gasteiger partial charge in [-0.3, -0.25) is 13.9 Å². The van der Waals surface area contributed by atoms with Crippen LogP contribution in [0.5, 0.6) is 0 Å². The highest BCUT2D eigenvalue weighted by atomic mass is 32.1. The molecule has 0 bridgehead atoms. The highest BCUT2D eigenvalue weighted by Crippen LogP contribution is 2.28. The maximum Gasteiger partial charge on any atom is 0.346 e. The normalized spacial score (nSPS) is 12.9. The van der Waals surface area contributed by atoms with Gasteiger partial charge in [0.1, 0.15) is 9.71 Å². The summed E-state index contributed by atoms with van der Waals surface area (Å²) in [4.78, 5) is 38.4. The third-order valence-electron chi connectivity index (χ3n) is 4.78. The van der Waals surface area contributed by atoms with Crippen LogP contribution in [-0.2, 0) is 24.2 Å². The third kappa shape index (κ3) is 4.95. The Hall–Kier alpha value is -2.75. The molecule has 0 radical (unpaired) electrons. The molecule has 2 N–H and O–H groups in total. The van der Waals surface area contributed by atoms with Crippen molar-refractivity contribution in [2.24, 2.45) is 0 Å². The number of thiophene rings is 1. The van der Waals surface area contributed by atoms with Gasteiger partial charge in [-0.25, -0.2) is 9.59 Å². The maximum absolute atomic E-state index is 13.2. The summed E-state index contributed by atoms with van der Waals surface area (Å²) in [6.45, 7) is 6.72. The van der Waals surface area contributed by atoms with E-state index in [1.165, 1.54) is 4.57 Å². The molecular formula is C22H26N2O6S. The van der Waals surface area contributed by atoms with Gasteiger partial charge in [-0.15, -0.1) is 11.3 Å². The molecule has 9 heteroatoms. The number of rotatable bonds is 7. The van der Waals surface area contributed by atoms with E-state index in [2.05, 4.69) is 0 Å². The summed E-state index contributed by atoms with van der Waals surface area (Å²) in [6.07, 6.45) is -0.850. The minimum atomic E-state index is -1.37. The SMILES string of the molecule is Cc1c(C(=O)O)sc2c1c(=O)n(CC(O)OC(C)(C)C)c(=O)n2CCc1ccccc1. The van der Waals surface area contributed by atoms with Gasteiger partial charge in [0.15, 0.2) is 6.29 Å². The standard InChI is InChI=1S/C22H26N2O6S/c1-13-16-18(26)24(12-15(25)30-22(2,3)4)21(29)23(19(16)31-17(13)20(27)28)11-10-14-8-6-5-7-9-14/h5-9,15,25H,10-12H2,1-4H3,(H,27,28). The van der Waals surface area contributed by atoms with Crippen molar-refractivity contribution >= 4 is 27.5 Å². The van der Waals surface area contributed by atoms with Gasteiger partial charge in [-0.1, -0.05) is 30.3 Å². The molecule has 1 atom stereocenters. The minimum Gasteiger partial charge on any atom is -0.477 e. The number of ether oxygens (including phenoxy) is 1. The number of aryl methyl sites for hydroxylation is 3. The van der Waals surface area contributed by atoms with E-state index in [1.807, 2.05) is 30.3 Å². The number of aromatic nitrogens is 2. The average Bonchev–Trinajstić information content (AvgIpc) is 3.02. The van der Waals surface area contributed by atoms with Crippen LogP contribution in [0.3, 0.4) is 0 Å². The first-order valence-corrected chi connectivity index (χ1v) is 10.7. The van der Waals surface area contributed by atoms with Gasteiger partial charge >= 0.3 is 11.7 Å². The summed E-state index contributed by atoms with van der Waals surface area (Å²) in [6, 6.07) is 9.55. The van der Waals surface area contributed by atoms with Crippen LogP contribution in [0, 0.1) is 6.92 Å². The van der Waals surface area contributed by atoms with Crippen molar-refractivity contribution in [2.45, 2.75) is 59.1 Å². The van der Waals surface area contributed by atoms with Crippen molar-refractivity contribution in [3.05, 3.63) is 67.2 Å². The molecule has 1 unspecified atom stereocenters. The van der Waals surface area contributed by atoms with Crippen LogP contribution in [0.1, 0.15) is 41.6 Å². The molecule has 0 aliphatic rings. The highest BCUT2D eigenvalue weighted by Gasteiger charge is 2.25. The number of aromatic carboxylic acids is 1. The van der Waals surface area contributed by atoms with Crippen molar-refractivity contribution in [3.8, 4) is 0 Å². The topological polar surface area (TPSA) is 111 Å². The number of carboxylic acid groups (broad SMARTS) is 1. The van der Waals surface area contributed by atoms with E-state index in [-0.39, 0.29) is 23.4 Å². The molecule has 0 aliphatic heterocycles. The zero-order chi connectivity index (χ0) is 22.9. The molecule has 2 aromatic heterocycles. The van der Waals surface area contributed by atoms with Gasteiger partial charge in [0.2, 0.25) is 0 Å². The molecule has 1 aromatic carbocycles. The predicted molar refractivity (Wildman–Crippen MR) is 119 cm³/mol. The lowest BCUT2D eigenvalue weighted by Crippen LogP contribution is -2.44. The summed E-state index contributed by atoms with van der Waals surface area (Å²) in [5.41, 5.74) is -0.597. The number of hydrogen-bond donors (Lipinski definition) is 2. The van der Waals surface area contributed by atoms with Crippen LogP contribution in [0.25, 0.3) is 10.2 Å². The van der Waals surface area contributed by atoms with Crippen LogP contribution in [0.4, 0.5) is 0 Å². The first kappa shape index (κ1) is 22.9. The van der Waals surface area contributed by atoms with Crippen LogP contribution < -0.4 is 11.2 Å². The predicted octanol–water partition coefficient (Wildman–Crippen LogP) is 2.61. The molecule has 0 fully saturated rings. The number of aliphatic hydroxyl groups is 1. The fourth-order valence-electron chi connectivity index (χ4n) is 3.44. The molecule has 3 rings (SSSR count). The monoisotopic (exact) mass is 446 g/mol. The van der Waals surface area contributed by atoms with Crippen molar-refractivity contribution < 1.29 is 19.7 Å². The molecule has 0 saturated carbocycles. The fraction of sp³-hybridized carbons (Fsp3) is 0.409. The Balaban J connectivity index is 2.15. The summed E-state index contributed by atoms with van der Waals surface area (Å²) in [5.74, 6) is -1.15. The van der Waals surface area contributed by atoms with Crippen LogP contribution >= 0.6 is 11.3 Å². The van der Waals surface area contributed by atoms with E-state index in [9.17, 15) is 24.6 Å². The highest BCUT2D eigenvalue weighted by molar-refractivity contribution is 7.20. The van der Waals surface area contributed by atoms with E-state index in [0.717, 1.165) is 21.5 Å². The molecule has 0 aliphatic carbocycles. The smallest absolute Gasteiger partial charge is 0.346 e. The number of hydrogen-bond acceptors (Lipinski definition) is 6. The molecular weight excluding hydrogens is 420 g/mol. The van der Waals surface area contributed by atoms with Crippen molar-refractivity contribution in [1.29, 1.82) is 0 Å². The molecule has 0 amide bonds. The van der Waals surface area contributed by atoms with Gasteiger partial charge in [-0.2, -0.15) is 0 Å². The minimum absolute atomic E-state index is 0.0178. The maximum atomic E-state index is 13.2. The molecule has 2 heterocycles. The lowest BCUT2D eigenvalue weighted by atomic mass is 10.1. The molecule has 166 valence electrons. The van der Waals surface area contributed by atoms with Gasteiger partial charge in [0.05, 0.1) is 17.5 Å². The first-order chi connectivity index (χ1) is 14.5. The van der Waals surface area contributed by atoms with Crippen molar-refractivity contribution in [3.63, 3.8) is 0 Å².